The molecule has 4 fully saturated rings. The van der Waals surface area contributed by atoms with Gasteiger partial charge in [0.15, 0.2) is 10.1 Å². The molecule has 0 heterocycles. The molecular weight excluding hydrogens is 333 g/mol. The van der Waals surface area contributed by atoms with E-state index in [4.69, 9.17) is 4.74 Å². The van der Waals surface area contributed by atoms with E-state index in [1.54, 1.807) is 0 Å². The van der Waals surface area contributed by atoms with Crippen LogP contribution in [0.5, 0.6) is 0 Å². The zero-order valence-electron chi connectivity index (χ0n) is 11.9. The van der Waals surface area contributed by atoms with E-state index in [0.717, 1.165) is 0 Å². The molecule has 0 aromatic carbocycles. The molecule has 0 N–H and O–H groups in total. The van der Waals surface area contributed by atoms with Crippen molar-refractivity contribution in [3.63, 3.8) is 0 Å². The van der Waals surface area contributed by atoms with Crippen molar-refractivity contribution in [1.29, 1.82) is 0 Å². The Morgan fingerprint density at radius 3 is 2.18 bits per heavy atom. The zero-order chi connectivity index (χ0) is 15.6. The van der Waals surface area contributed by atoms with Gasteiger partial charge in [0, 0.05) is 11.8 Å². The molecule has 118 valence electrons. The number of hydrogen-bond donors (Lipinski definition) is 0. The largest absolute Gasteiger partial charge is 1.00 e. The van der Waals surface area contributed by atoms with Crippen LogP contribution in [-0.2, 0) is 24.4 Å². The van der Waals surface area contributed by atoms with Crippen LogP contribution in [-0.4, -0.2) is 35.6 Å². The predicted octanol–water partition coefficient (Wildman–Crippen LogP) is -2.18. The summed E-state index contributed by atoms with van der Waals surface area (Å²) in [5.74, 6) is -2.78. The SMILES string of the molecule is O=C1C2CC3CC1CC(OC(=O)C(F)(F)S(=O)(=O)[O-])(C3)C2.[Na+]. The van der Waals surface area contributed by atoms with Crippen molar-refractivity contribution in [3.8, 4) is 0 Å². The second kappa shape index (κ2) is 5.47. The maximum Gasteiger partial charge on any atom is 1.00 e. The summed E-state index contributed by atoms with van der Waals surface area (Å²) in [6.07, 6.45) is 1.93. The van der Waals surface area contributed by atoms with Crippen molar-refractivity contribution in [2.75, 3.05) is 0 Å². The third-order valence-electron chi connectivity index (χ3n) is 4.80. The molecule has 22 heavy (non-hydrogen) atoms. The monoisotopic (exact) mass is 346 g/mol. The van der Waals surface area contributed by atoms with Gasteiger partial charge in [0.2, 0.25) is 0 Å². The summed E-state index contributed by atoms with van der Waals surface area (Å²) < 4.78 is 62.7. The summed E-state index contributed by atoms with van der Waals surface area (Å²) in [5, 5.41) is -5.10. The number of carbonyl (C=O) groups excluding carboxylic acids is 2. The predicted molar refractivity (Wildman–Crippen MR) is 62.0 cm³/mol. The minimum absolute atomic E-state index is 0. The first kappa shape index (κ1) is 18.3. The first-order valence-electron chi connectivity index (χ1n) is 6.64. The minimum atomic E-state index is -6.12. The van der Waals surface area contributed by atoms with E-state index in [0.29, 0.717) is 19.3 Å². The summed E-state index contributed by atoms with van der Waals surface area (Å²) >= 11 is 0. The molecule has 4 rings (SSSR count). The van der Waals surface area contributed by atoms with E-state index in [-0.39, 0.29) is 65.9 Å². The molecular formula is C12H13F2NaO6S. The first-order chi connectivity index (χ1) is 9.54. The molecule has 0 spiro atoms. The molecule has 10 heteroatoms. The molecule has 4 aliphatic rings. The van der Waals surface area contributed by atoms with Crippen LogP contribution in [0, 0.1) is 17.8 Å². The summed E-state index contributed by atoms with van der Waals surface area (Å²) in [4.78, 5) is 23.4. The molecule has 2 unspecified atom stereocenters. The smallest absolute Gasteiger partial charge is 0.743 e. The van der Waals surface area contributed by atoms with E-state index < -0.39 is 26.9 Å². The van der Waals surface area contributed by atoms with Gasteiger partial charge in [-0.15, -0.1) is 0 Å². The van der Waals surface area contributed by atoms with Gasteiger partial charge in [0.25, 0.3) is 0 Å². The number of Topliss-reactive ketones (excluding diaryl/α,β-unsaturated/α-hetero) is 1. The van der Waals surface area contributed by atoms with Gasteiger partial charge >= 0.3 is 40.8 Å². The van der Waals surface area contributed by atoms with Crippen LogP contribution in [0.15, 0.2) is 0 Å². The summed E-state index contributed by atoms with van der Waals surface area (Å²) in [7, 11) is -6.12. The molecule has 4 bridgehead atoms. The molecule has 2 atom stereocenters. The molecule has 4 aliphatic carbocycles. The average molecular weight is 346 g/mol. The van der Waals surface area contributed by atoms with E-state index >= 15 is 0 Å². The maximum absolute atomic E-state index is 13.2. The zero-order valence-corrected chi connectivity index (χ0v) is 14.7. The van der Waals surface area contributed by atoms with Gasteiger partial charge in [-0.2, -0.15) is 8.78 Å². The number of ether oxygens (including phenoxy) is 1. The molecule has 0 aromatic rings. The van der Waals surface area contributed by atoms with Crippen LogP contribution in [0.4, 0.5) is 8.78 Å². The van der Waals surface area contributed by atoms with Gasteiger partial charge in [-0.3, -0.25) is 4.79 Å². The number of esters is 1. The Labute approximate surface area is 148 Å². The van der Waals surface area contributed by atoms with Gasteiger partial charge in [0.1, 0.15) is 11.4 Å². The fraction of sp³-hybridized carbons (Fsp3) is 0.833. The molecule has 4 saturated carbocycles. The van der Waals surface area contributed by atoms with Crippen LogP contribution < -0.4 is 29.6 Å². The maximum atomic E-state index is 13.2. The van der Waals surface area contributed by atoms with Crippen molar-refractivity contribution in [1.82, 2.24) is 0 Å². The van der Waals surface area contributed by atoms with Crippen LogP contribution >= 0.6 is 0 Å². The topological polar surface area (TPSA) is 101 Å². The Morgan fingerprint density at radius 1 is 1.23 bits per heavy atom. The summed E-state index contributed by atoms with van der Waals surface area (Å²) in [6, 6.07) is 0. The average Bonchev–Trinajstić information content (AvgIpc) is 2.32. The van der Waals surface area contributed by atoms with Gasteiger partial charge in [0.05, 0.1) is 0 Å². The minimum Gasteiger partial charge on any atom is -0.743 e. The Hall–Kier alpha value is -0.0900. The molecule has 0 aromatic heterocycles. The molecule has 6 nitrogen and oxygen atoms in total. The number of rotatable bonds is 3. The third-order valence-corrected chi connectivity index (χ3v) is 5.59. The second-order valence-corrected chi connectivity index (χ2v) is 7.71. The van der Waals surface area contributed by atoms with Crippen LogP contribution in [0.25, 0.3) is 0 Å². The van der Waals surface area contributed by atoms with E-state index in [9.17, 15) is 31.3 Å². The molecule has 0 radical (unpaired) electrons. The van der Waals surface area contributed by atoms with E-state index in [2.05, 4.69) is 0 Å². The van der Waals surface area contributed by atoms with Crippen LogP contribution in [0.3, 0.4) is 0 Å². The Morgan fingerprint density at radius 2 is 1.73 bits per heavy atom. The fourth-order valence-electron chi connectivity index (χ4n) is 4.16. The Balaban J connectivity index is 0.00000176. The summed E-state index contributed by atoms with van der Waals surface area (Å²) in [6.45, 7) is 0. The second-order valence-electron chi connectivity index (χ2n) is 6.29. The van der Waals surface area contributed by atoms with Crippen molar-refractivity contribution < 1.29 is 65.6 Å². The van der Waals surface area contributed by atoms with E-state index in [1.165, 1.54) is 0 Å². The number of halogens is 2. The summed E-state index contributed by atoms with van der Waals surface area (Å²) in [5.41, 5.74) is -1.23. The Kier molecular flexibility index (Phi) is 4.54. The van der Waals surface area contributed by atoms with Crippen LogP contribution in [0.2, 0.25) is 0 Å². The van der Waals surface area contributed by atoms with E-state index in [1.807, 2.05) is 0 Å². The van der Waals surface area contributed by atoms with Crippen molar-refractivity contribution >= 4 is 21.9 Å². The van der Waals surface area contributed by atoms with Gasteiger partial charge in [-0.25, -0.2) is 13.2 Å². The third kappa shape index (κ3) is 2.75. The number of carbonyl (C=O) groups is 2. The molecule has 0 saturated heterocycles. The quantitative estimate of drug-likeness (QED) is 0.327. The fourth-order valence-corrected chi connectivity index (χ4v) is 4.40. The molecule has 0 aliphatic heterocycles. The number of hydrogen-bond acceptors (Lipinski definition) is 6. The van der Waals surface area contributed by atoms with Crippen molar-refractivity contribution in [2.24, 2.45) is 17.8 Å². The normalized spacial score (nSPS) is 36.9. The first-order valence-corrected chi connectivity index (χ1v) is 8.05. The van der Waals surface area contributed by atoms with Crippen molar-refractivity contribution in [3.05, 3.63) is 0 Å². The molecule has 0 amide bonds. The number of ketones is 1. The van der Waals surface area contributed by atoms with Gasteiger partial charge < -0.3 is 9.29 Å². The van der Waals surface area contributed by atoms with Gasteiger partial charge in [-0.05, 0) is 38.0 Å². The number of alkyl halides is 2. The van der Waals surface area contributed by atoms with Crippen molar-refractivity contribution in [2.45, 2.75) is 43.0 Å². The van der Waals surface area contributed by atoms with Crippen LogP contribution in [0.1, 0.15) is 32.1 Å². The Bertz CT molecular complexity index is 601. The van der Waals surface area contributed by atoms with Gasteiger partial charge in [-0.1, -0.05) is 0 Å². The standard InChI is InChI=1S/C12H14F2O6S.Na/c13-12(14,21(17,18)19)10(16)20-11-3-6-1-7(4-11)9(15)8(2-6)5-11;/h6-8H,1-5H2,(H,17,18,19);/q;+1/p-1.